The monoisotopic (exact) mass is 419 g/mol. The van der Waals surface area contributed by atoms with Crippen molar-refractivity contribution in [3.05, 3.63) is 65.9 Å². The predicted molar refractivity (Wildman–Crippen MR) is 106 cm³/mol. The number of hydrogen-bond acceptors (Lipinski definition) is 4. The minimum absolute atomic E-state index is 0.0278. The van der Waals surface area contributed by atoms with E-state index in [4.69, 9.17) is 4.42 Å². The van der Waals surface area contributed by atoms with Gasteiger partial charge in [-0.2, -0.15) is 13.2 Å². The maximum Gasteiger partial charge on any atom is 0.418 e. The molecule has 1 aromatic heterocycles. The first kappa shape index (κ1) is 21.4. The zero-order valence-corrected chi connectivity index (χ0v) is 16.3. The van der Waals surface area contributed by atoms with Crippen LogP contribution in [0.5, 0.6) is 0 Å². The van der Waals surface area contributed by atoms with Gasteiger partial charge in [0.2, 0.25) is 0 Å². The van der Waals surface area contributed by atoms with Gasteiger partial charge in [0.05, 0.1) is 17.3 Å². The van der Waals surface area contributed by atoms with E-state index in [9.17, 15) is 22.8 Å². The number of halogens is 3. The molecule has 2 aromatic carbocycles. The molecule has 0 bridgehead atoms. The number of benzene rings is 2. The smallest absolute Gasteiger partial charge is 0.418 e. The van der Waals surface area contributed by atoms with Crippen molar-refractivity contribution < 1.29 is 27.2 Å². The molecule has 9 heteroatoms. The molecular weight excluding hydrogens is 399 g/mol. The van der Waals surface area contributed by atoms with Crippen LogP contribution < -0.4 is 10.6 Å². The van der Waals surface area contributed by atoms with Gasteiger partial charge in [-0.05, 0) is 38.4 Å². The van der Waals surface area contributed by atoms with E-state index in [1.54, 1.807) is 19.0 Å². The molecule has 0 spiro atoms. The van der Waals surface area contributed by atoms with Gasteiger partial charge in [0.25, 0.3) is 0 Å². The summed E-state index contributed by atoms with van der Waals surface area (Å²) in [7, 11) is 3.56. The fraction of sp³-hybridized carbons (Fsp3) is 0.238. The summed E-state index contributed by atoms with van der Waals surface area (Å²) < 4.78 is 45.0. The third kappa shape index (κ3) is 4.80. The number of hydrogen-bond donors (Lipinski definition) is 2. The molecule has 30 heavy (non-hydrogen) atoms. The third-order valence-electron chi connectivity index (χ3n) is 4.54. The number of nitrogens with zero attached hydrogens (tertiary/aromatic N) is 1. The van der Waals surface area contributed by atoms with Gasteiger partial charge in [0.1, 0.15) is 11.3 Å². The van der Waals surface area contributed by atoms with Gasteiger partial charge in [-0.1, -0.05) is 30.3 Å². The van der Waals surface area contributed by atoms with Crippen LogP contribution in [0.1, 0.15) is 17.4 Å². The normalized spacial score (nSPS) is 12.7. The fourth-order valence-electron chi connectivity index (χ4n) is 2.99. The molecule has 1 heterocycles. The highest BCUT2D eigenvalue weighted by Gasteiger charge is 2.34. The van der Waals surface area contributed by atoms with Crippen LogP contribution in [0, 0.1) is 0 Å². The Balaban J connectivity index is 1.68. The second-order valence-corrected chi connectivity index (χ2v) is 6.87. The van der Waals surface area contributed by atoms with Crippen LogP contribution in [0.4, 0.5) is 18.9 Å². The lowest BCUT2D eigenvalue weighted by Crippen LogP contribution is -2.40. The SMILES string of the molecule is CN(C)C(CNC(=O)C(=O)Nc1ccccc1C(F)(F)F)c1cc2ccccc2o1. The van der Waals surface area contributed by atoms with Crippen molar-refractivity contribution in [3.63, 3.8) is 0 Å². The highest BCUT2D eigenvalue weighted by Crippen LogP contribution is 2.34. The standard InChI is InChI=1S/C21H20F3N3O3/c1-27(2)16(18-11-13-7-3-6-10-17(13)30-18)12-25-19(28)20(29)26-15-9-5-4-8-14(15)21(22,23)24/h3-11,16H,12H2,1-2H3,(H,25,28)(H,26,29). The summed E-state index contributed by atoms with van der Waals surface area (Å²) in [6, 6.07) is 13.3. The van der Waals surface area contributed by atoms with E-state index >= 15 is 0 Å². The van der Waals surface area contributed by atoms with Gasteiger partial charge in [0, 0.05) is 11.9 Å². The van der Waals surface area contributed by atoms with E-state index in [-0.39, 0.29) is 12.6 Å². The third-order valence-corrected chi connectivity index (χ3v) is 4.54. The predicted octanol–water partition coefficient (Wildman–Crippen LogP) is 3.81. The average molecular weight is 419 g/mol. The van der Waals surface area contributed by atoms with Gasteiger partial charge in [-0.25, -0.2) is 0 Å². The Morgan fingerprint density at radius 3 is 2.37 bits per heavy atom. The van der Waals surface area contributed by atoms with Gasteiger partial charge < -0.3 is 15.1 Å². The first-order valence-corrected chi connectivity index (χ1v) is 9.07. The zero-order valence-electron chi connectivity index (χ0n) is 16.3. The number of fused-ring (bicyclic) bond motifs is 1. The molecule has 0 radical (unpaired) electrons. The number of nitrogens with one attached hydrogen (secondary N) is 2. The quantitative estimate of drug-likeness (QED) is 0.617. The summed E-state index contributed by atoms with van der Waals surface area (Å²) in [5.41, 5.74) is -0.821. The summed E-state index contributed by atoms with van der Waals surface area (Å²) in [6.07, 6.45) is -4.66. The fourth-order valence-corrected chi connectivity index (χ4v) is 2.99. The van der Waals surface area contributed by atoms with Crippen LogP contribution in [0.2, 0.25) is 0 Å². The van der Waals surface area contributed by atoms with E-state index in [1.807, 2.05) is 35.6 Å². The lowest BCUT2D eigenvalue weighted by atomic mass is 10.1. The van der Waals surface area contributed by atoms with Crippen LogP contribution in [0.3, 0.4) is 0 Å². The Hall–Kier alpha value is -3.33. The minimum Gasteiger partial charge on any atom is -0.459 e. The second-order valence-electron chi connectivity index (χ2n) is 6.87. The Labute approximate surface area is 170 Å². The van der Waals surface area contributed by atoms with E-state index in [2.05, 4.69) is 5.32 Å². The number of para-hydroxylation sites is 2. The van der Waals surface area contributed by atoms with Crippen LogP contribution in [-0.2, 0) is 15.8 Å². The lowest BCUT2D eigenvalue weighted by molar-refractivity contribution is -0.138. The maximum absolute atomic E-state index is 13.1. The molecule has 0 aliphatic heterocycles. The summed E-state index contributed by atoms with van der Waals surface area (Å²) in [4.78, 5) is 26.1. The van der Waals surface area contributed by atoms with Crippen molar-refractivity contribution in [3.8, 4) is 0 Å². The number of alkyl halides is 3. The number of anilines is 1. The number of carbonyl (C=O) groups is 2. The molecule has 2 N–H and O–H groups in total. The number of amides is 2. The molecule has 158 valence electrons. The van der Waals surface area contributed by atoms with E-state index < -0.39 is 29.2 Å². The first-order valence-electron chi connectivity index (χ1n) is 9.07. The Bertz CT molecular complexity index is 1030. The Kier molecular flexibility index (Phi) is 6.12. The van der Waals surface area contributed by atoms with Crippen LogP contribution >= 0.6 is 0 Å². The molecule has 2 amide bonds. The summed E-state index contributed by atoms with van der Waals surface area (Å²) in [6.45, 7) is 0.0278. The molecule has 1 unspecified atom stereocenters. The maximum atomic E-state index is 13.1. The Morgan fingerprint density at radius 1 is 1.03 bits per heavy atom. The number of carbonyl (C=O) groups excluding carboxylic acids is 2. The highest BCUT2D eigenvalue weighted by atomic mass is 19.4. The van der Waals surface area contributed by atoms with Crippen LogP contribution in [0.15, 0.2) is 59.0 Å². The number of furan rings is 1. The van der Waals surface area contributed by atoms with Crippen LogP contribution in [0.25, 0.3) is 11.0 Å². The molecule has 0 saturated heterocycles. The minimum atomic E-state index is -4.66. The summed E-state index contributed by atoms with van der Waals surface area (Å²) in [5, 5.41) is 5.37. The topological polar surface area (TPSA) is 74.6 Å². The lowest BCUT2D eigenvalue weighted by Gasteiger charge is -2.22. The molecule has 0 aliphatic rings. The molecule has 0 aliphatic carbocycles. The van der Waals surface area contributed by atoms with Gasteiger partial charge in [-0.3, -0.25) is 14.5 Å². The largest absolute Gasteiger partial charge is 0.459 e. The molecule has 0 fully saturated rings. The molecule has 1 atom stereocenters. The number of likely N-dealkylation sites (N-methyl/N-ethyl adjacent to an activating group) is 1. The van der Waals surface area contributed by atoms with Crippen LogP contribution in [-0.4, -0.2) is 37.4 Å². The molecule has 6 nitrogen and oxygen atoms in total. The van der Waals surface area contributed by atoms with Crippen molar-refractivity contribution in [1.29, 1.82) is 0 Å². The van der Waals surface area contributed by atoms with Crippen molar-refractivity contribution in [2.45, 2.75) is 12.2 Å². The van der Waals surface area contributed by atoms with Crippen molar-refractivity contribution >= 4 is 28.5 Å². The second kappa shape index (κ2) is 8.58. The Morgan fingerprint density at radius 2 is 1.70 bits per heavy atom. The number of rotatable bonds is 5. The van der Waals surface area contributed by atoms with Crippen molar-refractivity contribution in [2.75, 3.05) is 26.0 Å². The van der Waals surface area contributed by atoms with E-state index in [1.165, 1.54) is 12.1 Å². The summed E-state index contributed by atoms with van der Waals surface area (Å²) in [5.74, 6) is -1.65. The average Bonchev–Trinajstić information content (AvgIpc) is 3.11. The highest BCUT2D eigenvalue weighted by molar-refractivity contribution is 6.39. The van der Waals surface area contributed by atoms with Gasteiger partial charge >= 0.3 is 18.0 Å². The molecular formula is C21H20F3N3O3. The molecule has 3 aromatic rings. The first-order chi connectivity index (χ1) is 14.2. The zero-order chi connectivity index (χ0) is 21.9. The molecule has 0 saturated carbocycles. The van der Waals surface area contributed by atoms with Crippen molar-refractivity contribution in [2.24, 2.45) is 0 Å². The summed E-state index contributed by atoms with van der Waals surface area (Å²) >= 11 is 0. The molecule has 3 rings (SSSR count). The van der Waals surface area contributed by atoms with Gasteiger partial charge in [-0.15, -0.1) is 0 Å². The van der Waals surface area contributed by atoms with Gasteiger partial charge in [0.15, 0.2) is 0 Å². The van der Waals surface area contributed by atoms with E-state index in [0.29, 0.717) is 11.3 Å². The van der Waals surface area contributed by atoms with E-state index in [0.717, 1.165) is 17.5 Å². The van der Waals surface area contributed by atoms with Crippen molar-refractivity contribution in [1.82, 2.24) is 10.2 Å².